The van der Waals surface area contributed by atoms with Crippen LogP contribution in [0, 0.1) is 12.3 Å². The maximum Gasteiger partial charge on any atom is 0.271 e. The maximum absolute atomic E-state index is 11.4. The number of rotatable bonds is 1. The van der Waals surface area contributed by atoms with Crippen LogP contribution in [-0.2, 0) is 0 Å². The third-order valence-corrected chi connectivity index (χ3v) is 1.49. The summed E-state index contributed by atoms with van der Waals surface area (Å²) in [6, 6.07) is 0. The van der Waals surface area contributed by atoms with Crippen LogP contribution in [0.15, 0.2) is 12.4 Å². The largest absolute Gasteiger partial charge is 0.369 e. The molecule has 0 spiro atoms. The minimum absolute atomic E-state index is 0.335. The van der Waals surface area contributed by atoms with E-state index in [0.29, 0.717) is 11.1 Å². The number of amides is 1. The first-order chi connectivity index (χ1) is 6.61. The lowest BCUT2D eigenvalue weighted by Gasteiger charge is -2.06. The lowest BCUT2D eigenvalue weighted by molar-refractivity contribution is 0.0942. The van der Waals surface area contributed by atoms with Gasteiger partial charge in [-0.1, -0.05) is 0 Å². The second kappa shape index (κ2) is 4.17. The van der Waals surface area contributed by atoms with Crippen molar-refractivity contribution in [1.29, 1.82) is 5.41 Å². The predicted molar refractivity (Wildman–Crippen MR) is 49.3 cm³/mol. The van der Waals surface area contributed by atoms with Gasteiger partial charge in [-0.25, -0.2) is 0 Å². The van der Waals surface area contributed by atoms with Gasteiger partial charge in [-0.05, 0) is 12.5 Å². The molecule has 0 fully saturated rings. The van der Waals surface area contributed by atoms with Crippen molar-refractivity contribution < 1.29 is 4.79 Å². The van der Waals surface area contributed by atoms with E-state index in [4.69, 9.17) is 11.1 Å². The molecule has 1 aromatic heterocycles. The zero-order chi connectivity index (χ0) is 10.6. The standard InChI is InChI=1S/C7H10N6O/c1-4-2-10-11-3-5(4)6(14)12-13-7(8)9/h2-3H,1H3,(H,12,14)(H4,8,9,13). The zero-order valence-corrected chi connectivity index (χ0v) is 7.53. The monoisotopic (exact) mass is 194 g/mol. The SMILES string of the molecule is Cc1cnncc1C(=O)NNC(=N)N. The van der Waals surface area contributed by atoms with Gasteiger partial charge in [-0.15, -0.1) is 0 Å². The number of nitrogens with one attached hydrogen (secondary N) is 3. The molecule has 0 aliphatic carbocycles. The van der Waals surface area contributed by atoms with Crippen LogP contribution in [0.1, 0.15) is 15.9 Å². The van der Waals surface area contributed by atoms with Gasteiger partial charge in [0.2, 0.25) is 5.96 Å². The molecular weight excluding hydrogens is 184 g/mol. The molecule has 0 atom stereocenters. The quantitative estimate of drug-likeness (QED) is 0.257. The topological polar surface area (TPSA) is 117 Å². The van der Waals surface area contributed by atoms with Gasteiger partial charge in [0.25, 0.3) is 5.91 Å². The number of nitrogens with two attached hydrogens (primary N) is 1. The first kappa shape index (κ1) is 9.90. The fourth-order valence-electron chi connectivity index (χ4n) is 0.812. The molecule has 1 amide bonds. The fourth-order valence-corrected chi connectivity index (χ4v) is 0.812. The smallest absolute Gasteiger partial charge is 0.271 e. The molecule has 0 bridgehead atoms. The van der Waals surface area contributed by atoms with Crippen molar-refractivity contribution in [2.75, 3.05) is 0 Å². The Kier molecular flexibility index (Phi) is 2.95. The Labute approximate surface area is 80.2 Å². The van der Waals surface area contributed by atoms with E-state index in [1.165, 1.54) is 12.4 Å². The van der Waals surface area contributed by atoms with Crippen molar-refractivity contribution in [3.63, 3.8) is 0 Å². The number of hydrogen-bond acceptors (Lipinski definition) is 4. The summed E-state index contributed by atoms with van der Waals surface area (Å²) in [6.07, 6.45) is 2.81. The summed E-state index contributed by atoms with van der Waals surface area (Å²) in [4.78, 5) is 11.4. The highest BCUT2D eigenvalue weighted by Crippen LogP contribution is 2.01. The van der Waals surface area contributed by atoms with Crippen LogP contribution in [-0.4, -0.2) is 22.1 Å². The van der Waals surface area contributed by atoms with E-state index < -0.39 is 5.91 Å². The Hall–Kier alpha value is -2.18. The van der Waals surface area contributed by atoms with Crippen LogP contribution in [0.3, 0.4) is 0 Å². The zero-order valence-electron chi connectivity index (χ0n) is 7.53. The summed E-state index contributed by atoms with van der Waals surface area (Å²) >= 11 is 0. The van der Waals surface area contributed by atoms with Crippen LogP contribution in [0.4, 0.5) is 0 Å². The lowest BCUT2D eigenvalue weighted by Crippen LogP contribution is -2.45. The molecular formula is C7H10N6O. The Morgan fingerprint density at radius 3 is 2.64 bits per heavy atom. The van der Waals surface area contributed by atoms with Gasteiger partial charge in [-0.3, -0.25) is 21.1 Å². The maximum atomic E-state index is 11.4. The van der Waals surface area contributed by atoms with Crippen LogP contribution in [0.5, 0.6) is 0 Å². The summed E-state index contributed by atoms with van der Waals surface area (Å²) in [5.41, 5.74) is 10.5. The summed E-state index contributed by atoms with van der Waals surface area (Å²) in [7, 11) is 0. The normalized spacial score (nSPS) is 9.21. The van der Waals surface area contributed by atoms with E-state index in [-0.39, 0.29) is 5.96 Å². The van der Waals surface area contributed by atoms with Gasteiger partial charge in [0.15, 0.2) is 0 Å². The van der Waals surface area contributed by atoms with Crippen molar-refractivity contribution >= 4 is 11.9 Å². The molecule has 0 saturated heterocycles. The molecule has 0 saturated carbocycles. The van der Waals surface area contributed by atoms with Crippen LogP contribution in [0.25, 0.3) is 0 Å². The van der Waals surface area contributed by atoms with Crippen LogP contribution in [0.2, 0.25) is 0 Å². The van der Waals surface area contributed by atoms with Crippen molar-refractivity contribution in [1.82, 2.24) is 21.0 Å². The molecule has 14 heavy (non-hydrogen) atoms. The highest BCUT2D eigenvalue weighted by molar-refractivity contribution is 5.96. The lowest BCUT2D eigenvalue weighted by atomic mass is 10.2. The minimum atomic E-state index is -0.410. The van der Waals surface area contributed by atoms with Gasteiger partial charge < -0.3 is 5.73 Å². The Morgan fingerprint density at radius 1 is 1.43 bits per heavy atom. The van der Waals surface area contributed by atoms with E-state index in [2.05, 4.69) is 21.0 Å². The average Bonchev–Trinajstić information content (AvgIpc) is 2.15. The molecule has 0 aromatic carbocycles. The summed E-state index contributed by atoms with van der Waals surface area (Å²) in [6.45, 7) is 1.73. The Balaban J connectivity index is 2.70. The van der Waals surface area contributed by atoms with Crippen molar-refractivity contribution in [2.45, 2.75) is 6.92 Å². The van der Waals surface area contributed by atoms with E-state index in [9.17, 15) is 4.79 Å². The van der Waals surface area contributed by atoms with Gasteiger partial charge in [-0.2, -0.15) is 10.2 Å². The number of hydrazine groups is 1. The first-order valence-electron chi connectivity index (χ1n) is 3.79. The molecule has 5 N–H and O–H groups in total. The summed E-state index contributed by atoms with van der Waals surface area (Å²) in [5, 5.41) is 14.0. The number of guanidine groups is 1. The van der Waals surface area contributed by atoms with E-state index in [1.807, 2.05) is 0 Å². The molecule has 0 unspecified atom stereocenters. The number of nitrogens with zero attached hydrogens (tertiary/aromatic N) is 2. The van der Waals surface area contributed by atoms with Crippen molar-refractivity contribution in [3.8, 4) is 0 Å². The van der Waals surface area contributed by atoms with E-state index in [0.717, 1.165) is 0 Å². The predicted octanol–water partition coefficient (Wildman–Crippen LogP) is -1.09. The number of carbonyl (C=O) groups is 1. The average molecular weight is 194 g/mol. The van der Waals surface area contributed by atoms with Crippen molar-refractivity contribution in [3.05, 3.63) is 23.5 Å². The third kappa shape index (κ3) is 2.41. The molecule has 1 heterocycles. The summed E-state index contributed by atoms with van der Waals surface area (Å²) < 4.78 is 0. The number of aromatic nitrogens is 2. The molecule has 7 heteroatoms. The molecule has 0 aliphatic rings. The highest BCUT2D eigenvalue weighted by atomic mass is 16.2. The minimum Gasteiger partial charge on any atom is -0.369 e. The first-order valence-corrected chi connectivity index (χ1v) is 3.79. The molecule has 1 rings (SSSR count). The Bertz CT molecular complexity index is 363. The summed E-state index contributed by atoms with van der Waals surface area (Å²) in [5.74, 6) is -0.745. The number of carbonyl (C=O) groups excluding carboxylic acids is 1. The molecule has 7 nitrogen and oxygen atoms in total. The van der Waals surface area contributed by atoms with E-state index in [1.54, 1.807) is 6.92 Å². The van der Waals surface area contributed by atoms with Crippen LogP contribution >= 0.6 is 0 Å². The third-order valence-electron chi connectivity index (χ3n) is 1.49. The number of hydrogen-bond donors (Lipinski definition) is 4. The van der Waals surface area contributed by atoms with Gasteiger partial charge in [0, 0.05) is 0 Å². The van der Waals surface area contributed by atoms with E-state index >= 15 is 0 Å². The Morgan fingerprint density at radius 2 is 2.07 bits per heavy atom. The van der Waals surface area contributed by atoms with Crippen LogP contribution < -0.4 is 16.6 Å². The molecule has 1 aromatic rings. The van der Waals surface area contributed by atoms with Crippen molar-refractivity contribution in [2.24, 2.45) is 5.73 Å². The number of aryl methyl sites for hydroxylation is 1. The van der Waals surface area contributed by atoms with Gasteiger partial charge >= 0.3 is 0 Å². The fraction of sp³-hybridized carbons (Fsp3) is 0.143. The second-order valence-electron chi connectivity index (χ2n) is 2.58. The highest BCUT2D eigenvalue weighted by Gasteiger charge is 2.08. The molecule has 0 radical (unpaired) electrons. The second-order valence-corrected chi connectivity index (χ2v) is 2.58. The van der Waals surface area contributed by atoms with Gasteiger partial charge in [0.1, 0.15) is 0 Å². The molecule has 74 valence electrons. The van der Waals surface area contributed by atoms with Gasteiger partial charge in [0.05, 0.1) is 18.0 Å². The molecule has 0 aliphatic heterocycles.